The summed E-state index contributed by atoms with van der Waals surface area (Å²) < 4.78 is 35.3. The molecule has 6 rings (SSSR count). The molecule has 4 heterocycles. The fourth-order valence-electron chi connectivity index (χ4n) is 5.71. The molecule has 1 fully saturated rings. The Kier molecular flexibility index (Phi) is 8.13. The molecule has 0 radical (unpaired) electrons. The Bertz CT molecular complexity index is 1700. The second-order valence-corrected chi connectivity index (χ2v) is 11.5. The average molecular weight is 605 g/mol. The molecule has 4 aromatic rings. The molecule has 2 aromatic carbocycles. The van der Waals surface area contributed by atoms with E-state index in [0.717, 1.165) is 16.7 Å². The lowest BCUT2D eigenvalue weighted by Crippen LogP contribution is -2.39. The molecule has 1 amide bonds. The fourth-order valence-corrected chi connectivity index (χ4v) is 5.71. The van der Waals surface area contributed by atoms with Gasteiger partial charge in [-0.2, -0.15) is 15.0 Å². The highest BCUT2D eigenvalue weighted by Crippen LogP contribution is 2.31. The molecule has 1 saturated heterocycles. The second kappa shape index (κ2) is 12.2. The number of nitrogens with one attached hydrogen (secondary N) is 1. The van der Waals surface area contributed by atoms with Crippen molar-refractivity contribution in [3.8, 4) is 5.95 Å². The lowest BCUT2D eigenvalue weighted by molar-refractivity contribution is 0.122. The predicted octanol–water partition coefficient (Wildman–Crippen LogP) is 5.19. The van der Waals surface area contributed by atoms with Gasteiger partial charge in [0.05, 0.1) is 24.2 Å². The van der Waals surface area contributed by atoms with Crippen LogP contribution in [0.4, 0.5) is 25.5 Å². The molecule has 2 aliphatic rings. The van der Waals surface area contributed by atoms with Crippen LogP contribution in [-0.2, 0) is 11.2 Å². The molecule has 0 unspecified atom stereocenters. The molecule has 0 aliphatic carbocycles. The van der Waals surface area contributed by atoms with E-state index in [9.17, 15) is 18.7 Å². The molecule has 2 N–H and O–H groups in total. The summed E-state index contributed by atoms with van der Waals surface area (Å²) in [5.74, 6) is 0.238. The van der Waals surface area contributed by atoms with Crippen LogP contribution in [0.25, 0.3) is 22.6 Å². The summed E-state index contributed by atoms with van der Waals surface area (Å²) in [6.45, 7) is 6.97. The fraction of sp³-hybridized carbons (Fsp3) is 0.387. The van der Waals surface area contributed by atoms with Crippen LogP contribution >= 0.6 is 0 Å². The van der Waals surface area contributed by atoms with Crippen LogP contribution in [0.3, 0.4) is 0 Å². The number of anilines is 2. The number of halogens is 2. The number of carbonyl (C=O) groups is 1. The topological polar surface area (TPSA) is 122 Å². The molecule has 0 spiro atoms. The SMILES string of the molecule is CC(C)(Cc1ccccc1C1=CCN(C(=O)O)CC1)Nc1nc(N2CCOCC2)nc(-n2c(C(F)F)nc3ccccc32)n1. The molecule has 44 heavy (non-hydrogen) atoms. The van der Waals surface area contributed by atoms with E-state index in [0.29, 0.717) is 69.2 Å². The minimum Gasteiger partial charge on any atom is -0.465 e. The number of ether oxygens (including phenoxy) is 1. The van der Waals surface area contributed by atoms with E-state index in [-0.39, 0.29) is 11.9 Å². The summed E-state index contributed by atoms with van der Waals surface area (Å²) in [6, 6.07) is 15.0. The largest absolute Gasteiger partial charge is 0.465 e. The van der Waals surface area contributed by atoms with Crippen molar-refractivity contribution in [1.82, 2.24) is 29.4 Å². The highest BCUT2D eigenvalue weighted by atomic mass is 19.3. The van der Waals surface area contributed by atoms with Gasteiger partial charge in [-0.1, -0.05) is 42.5 Å². The summed E-state index contributed by atoms with van der Waals surface area (Å²) in [4.78, 5) is 32.9. The number of amides is 1. The van der Waals surface area contributed by atoms with Crippen molar-refractivity contribution in [3.05, 3.63) is 71.6 Å². The molecule has 0 bridgehead atoms. The number of carboxylic acid groups (broad SMARTS) is 1. The molecule has 11 nitrogen and oxygen atoms in total. The van der Waals surface area contributed by atoms with Crippen LogP contribution in [0.2, 0.25) is 0 Å². The first-order chi connectivity index (χ1) is 21.2. The standard InChI is InChI=1S/C31H34F2N8O3/c1-31(2,19-21-7-3-4-8-22(21)20-11-13-40(14-12-20)30(42)43)38-27-35-28(39-15-17-44-18-16-39)37-29(36-27)41-24-10-6-5-9-23(24)34-26(41)25(32)33/h3-11,25H,12-19H2,1-2H3,(H,42,43)(H,35,36,37,38). The molecular formula is C31H34F2N8O3. The number of benzene rings is 2. The van der Waals surface area contributed by atoms with Crippen molar-refractivity contribution in [3.63, 3.8) is 0 Å². The Morgan fingerprint density at radius 2 is 1.73 bits per heavy atom. The number of morpholine rings is 1. The molecule has 13 heteroatoms. The number of aromatic nitrogens is 5. The number of alkyl halides is 2. The summed E-state index contributed by atoms with van der Waals surface area (Å²) in [5, 5.41) is 12.8. The highest BCUT2D eigenvalue weighted by Gasteiger charge is 2.27. The van der Waals surface area contributed by atoms with Crippen LogP contribution in [0.15, 0.2) is 54.6 Å². The van der Waals surface area contributed by atoms with Crippen LogP contribution in [0, 0.1) is 0 Å². The Labute approximate surface area is 253 Å². The zero-order chi connectivity index (χ0) is 30.8. The number of fused-ring (bicyclic) bond motifs is 1. The van der Waals surface area contributed by atoms with Crippen LogP contribution < -0.4 is 10.2 Å². The highest BCUT2D eigenvalue weighted by molar-refractivity contribution is 5.78. The summed E-state index contributed by atoms with van der Waals surface area (Å²) in [6.07, 6.45) is -0.571. The Morgan fingerprint density at radius 3 is 2.45 bits per heavy atom. The van der Waals surface area contributed by atoms with E-state index in [1.807, 2.05) is 37.0 Å². The third kappa shape index (κ3) is 6.18. The third-order valence-electron chi connectivity index (χ3n) is 7.81. The second-order valence-electron chi connectivity index (χ2n) is 11.5. The van der Waals surface area contributed by atoms with Crippen molar-refractivity contribution in [1.29, 1.82) is 0 Å². The van der Waals surface area contributed by atoms with Gasteiger partial charge in [-0.25, -0.2) is 18.6 Å². The maximum Gasteiger partial charge on any atom is 0.407 e. The van der Waals surface area contributed by atoms with Gasteiger partial charge in [-0.05, 0) is 55.5 Å². The van der Waals surface area contributed by atoms with Gasteiger partial charge in [0.15, 0.2) is 5.82 Å². The first-order valence-electron chi connectivity index (χ1n) is 14.6. The van der Waals surface area contributed by atoms with Crippen molar-refractivity contribution >= 4 is 34.6 Å². The van der Waals surface area contributed by atoms with Gasteiger partial charge < -0.3 is 25.0 Å². The van der Waals surface area contributed by atoms with Gasteiger partial charge in [0.1, 0.15) is 0 Å². The van der Waals surface area contributed by atoms with Gasteiger partial charge in [-0.3, -0.25) is 4.57 Å². The molecular weight excluding hydrogens is 570 g/mol. The zero-order valence-corrected chi connectivity index (χ0v) is 24.6. The van der Waals surface area contributed by atoms with Crippen molar-refractivity contribution in [2.45, 2.75) is 38.7 Å². The number of imidazole rings is 1. The summed E-state index contributed by atoms with van der Waals surface area (Å²) in [5.41, 5.74) is 3.60. The molecule has 0 saturated carbocycles. The van der Waals surface area contributed by atoms with E-state index in [1.165, 1.54) is 9.47 Å². The number of hydrogen-bond acceptors (Lipinski definition) is 8. The molecule has 2 aromatic heterocycles. The summed E-state index contributed by atoms with van der Waals surface area (Å²) in [7, 11) is 0. The minimum atomic E-state index is -2.84. The monoisotopic (exact) mass is 604 g/mol. The Balaban J connectivity index is 1.35. The smallest absolute Gasteiger partial charge is 0.407 e. The van der Waals surface area contributed by atoms with Crippen LogP contribution in [0.5, 0.6) is 0 Å². The first-order valence-corrected chi connectivity index (χ1v) is 14.6. The van der Waals surface area contributed by atoms with Gasteiger partial charge >= 0.3 is 6.09 Å². The van der Waals surface area contributed by atoms with Crippen molar-refractivity contribution < 1.29 is 23.4 Å². The van der Waals surface area contributed by atoms with Crippen molar-refractivity contribution in [2.24, 2.45) is 0 Å². The van der Waals surface area contributed by atoms with E-state index in [4.69, 9.17) is 9.72 Å². The van der Waals surface area contributed by atoms with Crippen LogP contribution in [-0.4, -0.2) is 85.5 Å². The lowest BCUT2D eigenvalue weighted by Gasteiger charge is -2.30. The third-order valence-corrected chi connectivity index (χ3v) is 7.81. The molecule has 0 atom stereocenters. The molecule has 230 valence electrons. The number of rotatable bonds is 8. The molecule has 2 aliphatic heterocycles. The zero-order valence-electron chi connectivity index (χ0n) is 24.6. The maximum atomic E-state index is 14.2. The van der Waals surface area contributed by atoms with Crippen molar-refractivity contribution in [2.75, 3.05) is 49.6 Å². The average Bonchev–Trinajstić information content (AvgIpc) is 3.41. The summed E-state index contributed by atoms with van der Waals surface area (Å²) >= 11 is 0. The Hall–Kier alpha value is -4.65. The maximum absolute atomic E-state index is 14.2. The number of hydrogen-bond donors (Lipinski definition) is 2. The number of para-hydroxylation sites is 2. The van der Waals surface area contributed by atoms with Gasteiger partial charge in [0.2, 0.25) is 17.8 Å². The van der Waals surface area contributed by atoms with Crippen LogP contribution in [0.1, 0.15) is 43.6 Å². The Morgan fingerprint density at radius 1 is 1.00 bits per heavy atom. The first kappa shape index (κ1) is 29.4. The quantitative estimate of drug-likeness (QED) is 0.280. The van der Waals surface area contributed by atoms with E-state index in [1.54, 1.807) is 24.3 Å². The van der Waals surface area contributed by atoms with Gasteiger partial charge in [-0.15, -0.1) is 0 Å². The number of nitrogens with zero attached hydrogens (tertiary/aromatic N) is 7. The van der Waals surface area contributed by atoms with E-state index < -0.39 is 23.9 Å². The normalized spacial score (nSPS) is 16.0. The minimum absolute atomic E-state index is 0.0551. The predicted molar refractivity (Wildman–Crippen MR) is 162 cm³/mol. The van der Waals surface area contributed by atoms with Gasteiger partial charge in [0, 0.05) is 31.7 Å². The van der Waals surface area contributed by atoms with E-state index >= 15 is 0 Å². The van der Waals surface area contributed by atoms with Gasteiger partial charge in [0.25, 0.3) is 6.43 Å². The lowest BCUT2D eigenvalue weighted by atomic mass is 9.87. The van der Waals surface area contributed by atoms with E-state index in [2.05, 4.69) is 32.4 Å².